The average Bonchev–Trinajstić information content (AvgIpc) is 2.67. The molecule has 1 unspecified atom stereocenters. The van der Waals surface area contributed by atoms with Crippen LogP contribution in [-0.4, -0.2) is 53.4 Å². The molecule has 26 heavy (non-hydrogen) atoms. The fraction of sp³-hybridized carbons (Fsp3) is 0.526. The summed E-state index contributed by atoms with van der Waals surface area (Å²) in [7, 11) is 0. The van der Waals surface area contributed by atoms with Gasteiger partial charge in [0.25, 0.3) is 5.91 Å². The molecule has 2 aliphatic rings. The number of benzene rings is 1. The normalized spacial score (nSPS) is 18.8. The van der Waals surface area contributed by atoms with Gasteiger partial charge in [-0.15, -0.1) is 0 Å². The van der Waals surface area contributed by atoms with Crippen LogP contribution in [0.15, 0.2) is 24.3 Å². The average molecular weight is 359 g/mol. The van der Waals surface area contributed by atoms with E-state index in [0.29, 0.717) is 39.0 Å². The number of hydrogen-bond acceptors (Lipinski definition) is 4. The number of nitrogens with two attached hydrogens (primary N) is 1. The number of nitrogens with zero attached hydrogens (tertiary/aromatic N) is 2. The Bertz CT molecular complexity index is 698. The molecule has 7 heteroatoms. The van der Waals surface area contributed by atoms with Crippen molar-refractivity contribution in [2.24, 2.45) is 11.7 Å². The maximum Gasteiger partial charge on any atom is 0.314 e. The Morgan fingerprint density at radius 2 is 1.73 bits per heavy atom. The molecule has 1 fully saturated rings. The Hall–Kier alpha value is -2.57. The summed E-state index contributed by atoms with van der Waals surface area (Å²) < 4.78 is 5.42. The third kappa shape index (κ3) is 3.98. The van der Waals surface area contributed by atoms with Crippen LogP contribution in [-0.2, 0) is 27.3 Å². The molecule has 0 aliphatic carbocycles. The van der Waals surface area contributed by atoms with Crippen molar-refractivity contribution in [3.8, 4) is 0 Å². The van der Waals surface area contributed by atoms with Gasteiger partial charge in [0.1, 0.15) is 0 Å². The van der Waals surface area contributed by atoms with Crippen molar-refractivity contribution in [1.29, 1.82) is 0 Å². The number of piperidine rings is 1. The van der Waals surface area contributed by atoms with Crippen LogP contribution in [0.1, 0.15) is 30.9 Å². The van der Waals surface area contributed by atoms with Gasteiger partial charge in [0.15, 0.2) is 6.10 Å². The molecule has 1 aromatic carbocycles. The minimum Gasteiger partial charge on any atom is -0.452 e. The fourth-order valence-electron chi connectivity index (χ4n) is 3.60. The molecule has 1 atom stereocenters. The summed E-state index contributed by atoms with van der Waals surface area (Å²) >= 11 is 0. The van der Waals surface area contributed by atoms with Crippen LogP contribution in [0.3, 0.4) is 0 Å². The molecule has 2 heterocycles. The van der Waals surface area contributed by atoms with Gasteiger partial charge in [0, 0.05) is 26.2 Å². The van der Waals surface area contributed by atoms with Crippen molar-refractivity contribution < 1.29 is 19.1 Å². The van der Waals surface area contributed by atoms with Gasteiger partial charge in [-0.1, -0.05) is 24.3 Å². The van der Waals surface area contributed by atoms with E-state index in [4.69, 9.17) is 10.5 Å². The number of hydrogen-bond donors (Lipinski definition) is 1. The summed E-state index contributed by atoms with van der Waals surface area (Å²) in [4.78, 5) is 39.4. The highest BCUT2D eigenvalue weighted by Gasteiger charge is 2.31. The maximum atomic E-state index is 12.6. The topological polar surface area (TPSA) is 92.9 Å². The zero-order valence-corrected chi connectivity index (χ0v) is 15.0. The highest BCUT2D eigenvalue weighted by atomic mass is 16.5. The monoisotopic (exact) mass is 359 g/mol. The van der Waals surface area contributed by atoms with E-state index >= 15 is 0 Å². The Morgan fingerprint density at radius 1 is 1.08 bits per heavy atom. The zero-order chi connectivity index (χ0) is 18.7. The molecule has 3 amide bonds. The first-order valence-electron chi connectivity index (χ1n) is 9.06. The quantitative estimate of drug-likeness (QED) is 0.823. The van der Waals surface area contributed by atoms with Crippen molar-refractivity contribution in [3.05, 3.63) is 35.4 Å². The molecule has 2 N–H and O–H groups in total. The summed E-state index contributed by atoms with van der Waals surface area (Å²) in [5.74, 6) is -0.822. The van der Waals surface area contributed by atoms with E-state index < -0.39 is 12.1 Å². The molecule has 0 saturated carbocycles. The van der Waals surface area contributed by atoms with E-state index in [1.807, 2.05) is 18.2 Å². The van der Waals surface area contributed by atoms with Crippen LogP contribution in [0.2, 0.25) is 0 Å². The smallest absolute Gasteiger partial charge is 0.314 e. The first kappa shape index (κ1) is 18.2. The van der Waals surface area contributed by atoms with Crippen molar-refractivity contribution in [1.82, 2.24) is 9.80 Å². The molecular weight excluding hydrogens is 334 g/mol. The molecule has 1 saturated heterocycles. The molecule has 3 rings (SSSR count). The van der Waals surface area contributed by atoms with Crippen LogP contribution in [0.4, 0.5) is 4.79 Å². The fourth-order valence-corrected chi connectivity index (χ4v) is 3.60. The van der Waals surface area contributed by atoms with Crippen molar-refractivity contribution in [2.45, 2.75) is 38.8 Å². The lowest BCUT2D eigenvalue weighted by molar-refractivity contribution is -0.163. The molecule has 7 nitrogen and oxygen atoms in total. The van der Waals surface area contributed by atoms with Crippen LogP contribution in [0.5, 0.6) is 0 Å². The molecular formula is C19H25N3O4. The summed E-state index contributed by atoms with van der Waals surface area (Å²) in [6.07, 6.45) is 1.04. The second-order valence-electron chi connectivity index (χ2n) is 6.96. The number of rotatable bonds is 3. The number of carbonyl (C=O) groups excluding carboxylic acids is 3. The van der Waals surface area contributed by atoms with Gasteiger partial charge in [0.2, 0.25) is 0 Å². The molecule has 0 radical (unpaired) electrons. The van der Waals surface area contributed by atoms with Crippen LogP contribution in [0, 0.1) is 5.92 Å². The molecule has 0 aromatic heterocycles. The lowest BCUT2D eigenvalue weighted by atomic mass is 9.97. The number of urea groups is 1. The van der Waals surface area contributed by atoms with E-state index in [1.165, 1.54) is 10.5 Å². The zero-order valence-electron chi connectivity index (χ0n) is 15.0. The van der Waals surface area contributed by atoms with Crippen LogP contribution < -0.4 is 5.73 Å². The van der Waals surface area contributed by atoms with E-state index in [-0.39, 0.29) is 17.8 Å². The number of primary amides is 1. The highest BCUT2D eigenvalue weighted by molar-refractivity contribution is 5.84. The number of likely N-dealkylation sites (tertiary alicyclic amines) is 1. The predicted octanol–water partition coefficient (Wildman–Crippen LogP) is 1.29. The molecule has 0 bridgehead atoms. The first-order valence-corrected chi connectivity index (χ1v) is 9.06. The Labute approximate surface area is 153 Å². The number of ether oxygens (including phenoxy) is 1. The second-order valence-corrected chi connectivity index (χ2v) is 6.96. The number of fused-ring (bicyclic) bond motifs is 1. The number of carbonyl (C=O) groups is 3. The first-order chi connectivity index (χ1) is 12.5. The minimum absolute atomic E-state index is 0.164. The lowest BCUT2D eigenvalue weighted by Crippen LogP contribution is -2.45. The largest absolute Gasteiger partial charge is 0.452 e. The van der Waals surface area contributed by atoms with Crippen molar-refractivity contribution in [2.75, 3.05) is 19.6 Å². The van der Waals surface area contributed by atoms with E-state index in [9.17, 15) is 14.4 Å². The third-order valence-corrected chi connectivity index (χ3v) is 5.22. The maximum absolute atomic E-state index is 12.6. The van der Waals surface area contributed by atoms with Gasteiger partial charge < -0.3 is 20.3 Å². The molecule has 2 aliphatic heterocycles. The lowest BCUT2D eigenvalue weighted by Gasteiger charge is -2.32. The Kier molecular flexibility index (Phi) is 5.44. The van der Waals surface area contributed by atoms with E-state index in [1.54, 1.807) is 11.8 Å². The summed E-state index contributed by atoms with van der Waals surface area (Å²) in [6, 6.07) is 7.61. The van der Waals surface area contributed by atoms with Crippen LogP contribution in [0.25, 0.3) is 0 Å². The van der Waals surface area contributed by atoms with Crippen molar-refractivity contribution >= 4 is 17.9 Å². The summed E-state index contributed by atoms with van der Waals surface area (Å²) in [5, 5.41) is 0. The van der Waals surface area contributed by atoms with Gasteiger partial charge in [-0.3, -0.25) is 9.59 Å². The molecule has 0 spiro atoms. The van der Waals surface area contributed by atoms with Crippen molar-refractivity contribution in [3.63, 3.8) is 0 Å². The number of amides is 3. The molecule has 140 valence electrons. The predicted molar refractivity (Wildman–Crippen MR) is 95.0 cm³/mol. The van der Waals surface area contributed by atoms with Gasteiger partial charge in [-0.2, -0.15) is 0 Å². The molecule has 1 aromatic rings. The van der Waals surface area contributed by atoms with Crippen LogP contribution >= 0.6 is 0 Å². The Balaban J connectivity index is 1.52. The SMILES string of the molecule is CC(OC(=O)C1CCN(C(N)=O)CC1)C(=O)N1CCc2ccccc2C1. The van der Waals surface area contributed by atoms with Gasteiger partial charge in [-0.05, 0) is 37.3 Å². The van der Waals surface area contributed by atoms with Gasteiger partial charge in [-0.25, -0.2) is 4.79 Å². The third-order valence-electron chi connectivity index (χ3n) is 5.22. The highest BCUT2D eigenvalue weighted by Crippen LogP contribution is 2.22. The van der Waals surface area contributed by atoms with E-state index in [0.717, 1.165) is 12.0 Å². The summed E-state index contributed by atoms with van der Waals surface area (Å²) in [5.41, 5.74) is 7.66. The van der Waals surface area contributed by atoms with E-state index in [2.05, 4.69) is 6.07 Å². The minimum atomic E-state index is -0.804. The second kappa shape index (κ2) is 7.76. The summed E-state index contributed by atoms with van der Waals surface area (Å²) in [6.45, 7) is 3.70. The number of esters is 1. The standard InChI is InChI=1S/C19H25N3O4/c1-13(26-18(24)15-7-9-21(10-8-15)19(20)25)17(23)22-11-6-14-4-2-3-5-16(14)12-22/h2-5,13,15H,6-12H2,1H3,(H2,20,25). The van der Waals surface area contributed by atoms with Gasteiger partial charge >= 0.3 is 12.0 Å². The Morgan fingerprint density at radius 3 is 2.38 bits per heavy atom. The van der Waals surface area contributed by atoms with Gasteiger partial charge in [0.05, 0.1) is 5.92 Å².